The SMILES string of the molecule is O[C@@H]1C=C(COCc2ccccc2)CC1. The number of hydrogen-bond donors (Lipinski definition) is 1. The van der Waals surface area contributed by atoms with Crippen molar-refractivity contribution < 1.29 is 9.84 Å². The summed E-state index contributed by atoms with van der Waals surface area (Å²) in [6.07, 6.45) is 3.48. The van der Waals surface area contributed by atoms with Gasteiger partial charge >= 0.3 is 0 Å². The largest absolute Gasteiger partial charge is 0.389 e. The van der Waals surface area contributed by atoms with E-state index in [1.54, 1.807) is 0 Å². The van der Waals surface area contributed by atoms with Crippen molar-refractivity contribution in [2.75, 3.05) is 6.61 Å². The van der Waals surface area contributed by atoms with Gasteiger partial charge in [0.15, 0.2) is 0 Å². The van der Waals surface area contributed by atoms with Crippen molar-refractivity contribution in [3.63, 3.8) is 0 Å². The molecule has 0 unspecified atom stereocenters. The molecule has 1 N–H and O–H groups in total. The van der Waals surface area contributed by atoms with Gasteiger partial charge < -0.3 is 9.84 Å². The highest BCUT2D eigenvalue weighted by molar-refractivity contribution is 5.14. The van der Waals surface area contributed by atoms with Crippen LogP contribution in [0, 0.1) is 0 Å². The van der Waals surface area contributed by atoms with Crippen molar-refractivity contribution in [3.05, 3.63) is 47.5 Å². The lowest BCUT2D eigenvalue weighted by atomic mass is 10.2. The van der Waals surface area contributed by atoms with Gasteiger partial charge in [0.1, 0.15) is 0 Å². The quantitative estimate of drug-likeness (QED) is 0.762. The molecule has 0 bridgehead atoms. The first-order chi connectivity index (χ1) is 7.34. The number of benzene rings is 1. The van der Waals surface area contributed by atoms with E-state index in [4.69, 9.17) is 4.74 Å². The molecule has 0 heterocycles. The normalized spacial score (nSPS) is 20.3. The topological polar surface area (TPSA) is 29.5 Å². The summed E-state index contributed by atoms with van der Waals surface area (Å²) in [5.41, 5.74) is 2.41. The van der Waals surface area contributed by atoms with E-state index in [0.29, 0.717) is 13.2 Å². The van der Waals surface area contributed by atoms with Crippen LogP contribution in [-0.2, 0) is 11.3 Å². The van der Waals surface area contributed by atoms with Crippen LogP contribution in [0.4, 0.5) is 0 Å². The average Bonchev–Trinajstić information content (AvgIpc) is 2.66. The second-order valence-corrected chi connectivity index (χ2v) is 3.91. The van der Waals surface area contributed by atoms with Crippen LogP contribution in [0.1, 0.15) is 18.4 Å². The predicted octanol–water partition coefficient (Wildman–Crippen LogP) is 2.28. The Morgan fingerprint density at radius 1 is 1.20 bits per heavy atom. The van der Waals surface area contributed by atoms with E-state index in [1.165, 1.54) is 11.1 Å². The fraction of sp³-hybridized carbons (Fsp3) is 0.385. The molecule has 0 aromatic heterocycles. The number of ether oxygens (including phenoxy) is 1. The van der Waals surface area contributed by atoms with Gasteiger partial charge in [-0.15, -0.1) is 0 Å². The molecular formula is C13H16O2. The van der Waals surface area contributed by atoms with Crippen molar-refractivity contribution in [1.29, 1.82) is 0 Å². The molecule has 80 valence electrons. The molecule has 0 saturated heterocycles. The Kier molecular flexibility index (Phi) is 3.54. The maximum Gasteiger partial charge on any atom is 0.0727 e. The summed E-state index contributed by atoms with van der Waals surface area (Å²) < 4.78 is 5.57. The molecular weight excluding hydrogens is 188 g/mol. The lowest BCUT2D eigenvalue weighted by Crippen LogP contribution is -1.97. The third-order valence-corrected chi connectivity index (χ3v) is 2.59. The Bertz CT molecular complexity index is 330. The minimum absolute atomic E-state index is 0.250. The van der Waals surface area contributed by atoms with Gasteiger partial charge in [0, 0.05) is 0 Å². The fourth-order valence-electron chi connectivity index (χ4n) is 1.77. The maximum atomic E-state index is 9.28. The van der Waals surface area contributed by atoms with Crippen molar-refractivity contribution >= 4 is 0 Å². The zero-order valence-corrected chi connectivity index (χ0v) is 8.73. The Balaban J connectivity index is 1.74. The summed E-state index contributed by atoms with van der Waals surface area (Å²) >= 11 is 0. The third-order valence-electron chi connectivity index (χ3n) is 2.59. The van der Waals surface area contributed by atoms with Crippen LogP contribution in [0.25, 0.3) is 0 Å². The summed E-state index contributed by atoms with van der Waals surface area (Å²) in [6.45, 7) is 1.29. The van der Waals surface area contributed by atoms with E-state index < -0.39 is 0 Å². The molecule has 0 aliphatic heterocycles. The first kappa shape index (κ1) is 10.4. The van der Waals surface area contributed by atoms with Gasteiger partial charge in [-0.05, 0) is 24.0 Å². The minimum Gasteiger partial charge on any atom is -0.389 e. The van der Waals surface area contributed by atoms with Gasteiger partial charge in [0.25, 0.3) is 0 Å². The summed E-state index contributed by atoms with van der Waals surface area (Å²) in [7, 11) is 0. The molecule has 0 spiro atoms. The number of aliphatic hydroxyl groups is 1. The number of rotatable bonds is 4. The summed E-state index contributed by atoms with van der Waals surface area (Å²) in [4.78, 5) is 0. The predicted molar refractivity (Wildman–Crippen MR) is 59.4 cm³/mol. The van der Waals surface area contributed by atoms with E-state index in [2.05, 4.69) is 12.1 Å². The smallest absolute Gasteiger partial charge is 0.0727 e. The minimum atomic E-state index is -0.250. The maximum absolute atomic E-state index is 9.28. The van der Waals surface area contributed by atoms with E-state index in [1.807, 2.05) is 24.3 Å². The second kappa shape index (κ2) is 5.10. The fourth-order valence-corrected chi connectivity index (χ4v) is 1.77. The molecule has 0 fully saturated rings. The molecule has 2 heteroatoms. The number of hydrogen-bond acceptors (Lipinski definition) is 2. The molecule has 1 aromatic carbocycles. The van der Waals surface area contributed by atoms with Gasteiger partial charge in [0.2, 0.25) is 0 Å². The molecule has 1 aliphatic carbocycles. The summed E-state index contributed by atoms with van der Waals surface area (Å²) in [5, 5.41) is 9.28. The Labute approximate surface area is 90.2 Å². The molecule has 1 atom stereocenters. The first-order valence-electron chi connectivity index (χ1n) is 5.34. The highest BCUT2D eigenvalue weighted by Crippen LogP contribution is 2.18. The zero-order chi connectivity index (χ0) is 10.5. The highest BCUT2D eigenvalue weighted by Gasteiger charge is 2.12. The van der Waals surface area contributed by atoms with Gasteiger partial charge in [-0.25, -0.2) is 0 Å². The highest BCUT2D eigenvalue weighted by atomic mass is 16.5. The van der Waals surface area contributed by atoms with E-state index in [-0.39, 0.29) is 6.10 Å². The molecule has 0 amide bonds. The molecule has 1 aliphatic rings. The van der Waals surface area contributed by atoms with Gasteiger partial charge in [-0.2, -0.15) is 0 Å². The van der Waals surface area contributed by atoms with Gasteiger partial charge in [-0.3, -0.25) is 0 Å². The van der Waals surface area contributed by atoms with Crippen molar-refractivity contribution in [1.82, 2.24) is 0 Å². The summed E-state index contributed by atoms with van der Waals surface area (Å²) in [5.74, 6) is 0. The molecule has 2 rings (SSSR count). The average molecular weight is 204 g/mol. The number of aliphatic hydroxyl groups excluding tert-OH is 1. The Hall–Kier alpha value is -1.12. The van der Waals surface area contributed by atoms with Crippen LogP contribution in [0.3, 0.4) is 0 Å². The van der Waals surface area contributed by atoms with Crippen molar-refractivity contribution in [2.24, 2.45) is 0 Å². The summed E-state index contributed by atoms with van der Waals surface area (Å²) in [6, 6.07) is 10.1. The van der Waals surface area contributed by atoms with Gasteiger partial charge in [0.05, 0.1) is 19.3 Å². The lowest BCUT2D eigenvalue weighted by Gasteiger charge is -2.04. The monoisotopic (exact) mass is 204 g/mol. The van der Waals surface area contributed by atoms with E-state index >= 15 is 0 Å². The lowest BCUT2D eigenvalue weighted by molar-refractivity contribution is 0.141. The molecule has 1 aromatic rings. The first-order valence-corrected chi connectivity index (χ1v) is 5.34. The van der Waals surface area contributed by atoms with Crippen LogP contribution in [0.5, 0.6) is 0 Å². The van der Waals surface area contributed by atoms with Crippen LogP contribution in [-0.4, -0.2) is 17.8 Å². The van der Waals surface area contributed by atoms with Crippen LogP contribution >= 0.6 is 0 Å². The standard InChI is InChI=1S/C13H16O2/c14-13-7-6-12(8-13)10-15-9-11-4-2-1-3-5-11/h1-5,8,13-14H,6-7,9-10H2/t13-/m0/s1. The molecule has 0 radical (unpaired) electrons. The van der Waals surface area contributed by atoms with Crippen LogP contribution < -0.4 is 0 Å². The molecule has 2 nitrogen and oxygen atoms in total. The second-order valence-electron chi connectivity index (χ2n) is 3.91. The Morgan fingerprint density at radius 2 is 2.00 bits per heavy atom. The van der Waals surface area contributed by atoms with E-state index in [9.17, 15) is 5.11 Å². The van der Waals surface area contributed by atoms with Crippen molar-refractivity contribution in [2.45, 2.75) is 25.6 Å². The Morgan fingerprint density at radius 3 is 2.67 bits per heavy atom. The third kappa shape index (κ3) is 3.18. The van der Waals surface area contributed by atoms with Crippen molar-refractivity contribution in [3.8, 4) is 0 Å². The molecule has 15 heavy (non-hydrogen) atoms. The van der Waals surface area contributed by atoms with Gasteiger partial charge in [-0.1, -0.05) is 36.4 Å². The van der Waals surface area contributed by atoms with Crippen LogP contribution in [0.15, 0.2) is 42.0 Å². The van der Waals surface area contributed by atoms with E-state index in [0.717, 1.165) is 12.8 Å². The molecule has 0 saturated carbocycles. The zero-order valence-electron chi connectivity index (χ0n) is 8.73. The van der Waals surface area contributed by atoms with Crippen LogP contribution in [0.2, 0.25) is 0 Å².